The van der Waals surface area contributed by atoms with Crippen LogP contribution in [-0.4, -0.2) is 35.3 Å². The number of anilines is 2. The zero-order valence-electron chi connectivity index (χ0n) is 14.0. The molecule has 0 spiro atoms. The van der Waals surface area contributed by atoms with E-state index < -0.39 is 6.10 Å². The normalized spacial score (nSPS) is 21.9. The number of carbonyl (C=O) groups is 1. The number of urea groups is 1. The summed E-state index contributed by atoms with van der Waals surface area (Å²) in [6.45, 7) is 2.08. The van der Waals surface area contributed by atoms with Gasteiger partial charge in [0.1, 0.15) is 5.82 Å². The molecule has 2 aromatic rings. The molecule has 2 aliphatic rings. The molecule has 3 N–H and O–H groups in total. The second-order valence-corrected chi connectivity index (χ2v) is 6.65. The Hall–Kier alpha value is -2.60. The Balaban J connectivity index is 1.39. The highest BCUT2D eigenvalue weighted by molar-refractivity contribution is 5.89. The van der Waals surface area contributed by atoms with Gasteiger partial charge < -0.3 is 20.6 Å². The maximum Gasteiger partial charge on any atom is 0.319 e. The van der Waals surface area contributed by atoms with Crippen LogP contribution in [0.15, 0.2) is 42.6 Å². The number of aliphatic hydroxyl groups excluding tert-OH is 1. The maximum atomic E-state index is 12.3. The third-order valence-corrected chi connectivity index (χ3v) is 4.93. The van der Waals surface area contributed by atoms with Crippen molar-refractivity contribution < 1.29 is 9.90 Å². The highest BCUT2D eigenvalue weighted by atomic mass is 16.3. The molecule has 6 heteroatoms. The van der Waals surface area contributed by atoms with Crippen molar-refractivity contribution in [1.82, 2.24) is 10.3 Å². The fraction of sp³-hybridized carbons (Fsp3) is 0.368. The number of rotatable bonds is 3. The van der Waals surface area contributed by atoms with Crippen LogP contribution in [0.25, 0.3) is 0 Å². The van der Waals surface area contributed by atoms with Gasteiger partial charge >= 0.3 is 6.03 Å². The fourth-order valence-electron chi connectivity index (χ4n) is 3.65. The van der Waals surface area contributed by atoms with Crippen molar-refractivity contribution in [1.29, 1.82) is 0 Å². The molecule has 0 saturated carbocycles. The molecule has 6 nitrogen and oxygen atoms in total. The van der Waals surface area contributed by atoms with Gasteiger partial charge in [0.15, 0.2) is 0 Å². The van der Waals surface area contributed by atoms with Crippen molar-refractivity contribution >= 4 is 17.5 Å². The molecule has 1 aromatic heterocycles. The van der Waals surface area contributed by atoms with Gasteiger partial charge in [0.05, 0.1) is 24.0 Å². The van der Waals surface area contributed by atoms with Crippen LogP contribution < -0.4 is 15.5 Å². The lowest BCUT2D eigenvalue weighted by Crippen LogP contribution is -2.36. The molecule has 1 aromatic carbocycles. The van der Waals surface area contributed by atoms with Crippen molar-refractivity contribution in [2.75, 3.05) is 23.3 Å². The molecular formula is C19H22N4O2. The summed E-state index contributed by atoms with van der Waals surface area (Å²) < 4.78 is 0. The summed E-state index contributed by atoms with van der Waals surface area (Å²) in [6.07, 6.45) is 4.04. The summed E-state index contributed by atoms with van der Waals surface area (Å²) in [5, 5.41) is 15.9. The number of hydrogen-bond acceptors (Lipinski definition) is 4. The van der Waals surface area contributed by atoms with Gasteiger partial charge in [-0.2, -0.15) is 0 Å². The summed E-state index contributed by atoms with van der Waals surface area (Å²) in [5.41, 5.74) is 2.70. The van der Waals surface area contributed by atoms with Crippen LogP contribution in [0.4, 0.5) is 16.3 Å². The Morgan fingerprint density at radius 2 is 1.96 bits per heavy atom. The average Bonchev–Trinajstić information content (AvgIpc) is 3.25. The van der Waals surface area contributed by atoms with E-state index in [0.717, 1.165) is 30.0 Å². The van der Waals surface area contributed by atoms with Gasteiger partial charge in [-0.15, -0.1) is 0 Å². The zero-order valence-corrected chi connectivity index (χ0v) is 14.0. The van der Waals surface area contributed by atoms with Crippen molar-refractivity contribution in [3.05, 3.63) is 53.7 Å². The van der Waals surface area contributed by atoms with Crippen molar-refractivity contribution in [3.63, 3.8) is 0 Å². The number of nitrogens with zero attached hydrogens (tertiary/aromatic N) is 2. The van der Waals surface area contributed by atoms with E-state index >= 15 is 0 Å². The first-order chi connectivity index (χ1) is 12.2. The first-order valence-corrected chi connectivity index (χ1v) is 8.75. The monoisotopic (exact) mass is 338 g/mol. The molecule has 25 heavy (non-hydrogen) atoms. The van der Waals surface area contributed by atoms with E-state index in [1.807, 2.05) is 36.4 Å². The maximum absolute atomic E-state index is 12.3. The van der Waals surface area contributed by atoms with Gasteiger partial charge in [-0.25, -0.2) is 9.78 Å². The molecule has 0 unspecified atom stereocenters. The number of carbonyl (C=O) groups excluding carboxylic acids is 1. The van der Waals surface area contributed by atoms with Gasteiger partial charge in [-0.3, -0.25) is 0 Å². The first kappa shape index (κ1) is 15.9. The largest absolute Gasteiger partial charge is 0.390 e. The number of hydrogen-bond donors (Lipinski definition) is 3. The Kier molecular flexibility index (Phi) is 4.28. The van der Waals surface area contributed by atoms with Crippen LogP contribution in [-0.2, 0) is 6.42 Å². The first-order valence-electron chi connectivity index (χ1n) is 8.75. The van der Waals surface area contributed by atoms with Crippen LogP contribution in [0.5, 0.6) is 0 Å². The predicted octanol–water partition coefficient (Wildman–Crippen LogP) is 2.46. The minimum atomic E-state index is -0.598. The molecule has 2 heterocycles. The van der Waals surface area contributed by atoms with Crippen LogP contribution in [0.3, 0.4) is 0 Å². The number of benzene rings is 1. The highest BCUT2D eigenvalue weighted by Crippen LogP contribution is 2.31. The Bertz CT molecular complexity index is 756. The van der Waals surface area contributed by atoms with E-state index in [-0.39, 0.29) is 12.1 Å². The lowest BCUT2D eigenvalue weighted by atomic mass is 10.1. The van der Waals surface area contributed by atoms with Gasteiger partial charge in [-0.1, -0.05) is 24.3 Å². The number of aliphatic hydroxyl groups is 1. The zero-order chi connectivity index (χ0) is 17.2. The topological polar surface area (TPSA) is 77.5 Å². The van der Waals surface area contributed by atoms with E-state index in [2.05, 4.69) is 20.5 Å². The van der Waals surface area contributed by atoms with Gasteiger partial charge in [0.2, 0.25) is 0 Å². The average molecular weight is 338 g/mol. The Morgan fingerprint density at radius 1 is 1.16 bits per heavy atom. The van der Waals surface area contributed by atoms with Crippen LogP contribution in [0, 0.1) is 0 Å². The third kappa shape index (κ3) is 3.30. The molecule has 2 amide bonds. The minimum Gasteiger partial charge on any atom is -0.390 e. The smallest absolute Gasteiger partial charge is 0.319 e. The molecule has 1 aliphatic heterocycles. The summed E-state index contributed by atoms with van der Waals surface area (Å²) >= 11 is 0. The molecule has 0 bridgehead atoms. The van der Waals surface area contributed by atoms with Gasteiger partial charge in [-0.05, 0) is 36.1 Å². The molecule has 2 atom stereocenters. The SMILES string of the molecule is O=C(Nc1ccc(N2CCCC2)nc1)N[C@H]1c2ccccc2C[C@H]1O. The summed E-state index contributed by atoms with van der Waals surface area (Å²) in [7, 11) is 0. The molecule has 1 aliphatic carbocycles. The quantitative estimate of drug-likeness (QED) is 0.803. The number of nitrogens with one attached hydrogen (secondary N) is 2. The highest BCUT2D eigenvalue weighted by Gasteiger charge is 2.31. The molecule has 1 saturated heterocycles. The molecule has 4 rings (SSSR count). The molecular weight excluding hydrogens is 316 g/mol. The van der Waals surface area contributed by atoms with Gasteiger partial charge in [0.25, 0.3) is 0 Å². The molecule has 1 fully saturated rings. The van der Waals surface area contributed by atoms with E-state index in [1.165, 1.54) is 12.8 Å². The second-order valence-electron chi connectivity index (χ2n) is 6.65. The van der Waals surface area contributed by atoms with E-state index in [4.69, 9.17) is 0 Å². The van der Waals surface area contributed by atoms with Crippen molar-refractivity contribution in [2.24, 2.45) is 0 Å². The summed E-state index contributed by atoms with van der Waals surface area (Å²) in [6, 6.07) is 10.9. The molecule has 130 valence electrons. The number of amides is 2. The predicted molar refractivity (Wildman–Crippen MR) is 96.7 cm³/mol. The lowest BCUT2D eigenvalue weighted by molar-refractivity contribution is 0.144. The van der Waals surface area contributed by atoms with E-state index in [0.29, 0.717) is 12.1 Å². The van der Waals surface area contributed by atoms with Crippen molar-refractivity contribution in [3.8, 4) is 0 Å². The van der Waals surface area contributed by atoms with Crippen LogP contribution >= 0.6 is 0 Å². The van der Waals surface area contributed by atoms with Gasteiger partial charge in [0, 0.05) is 19.5 Å². The van der Waals surface area contributed by atoms with E-state index in [1.54, 1.807) is 6.20 Å². The summed E-state index contributed by atoms with van der Waals surface area (Å²) in [5.74, 6) is 0.948. The Morgan fingerprint density at radius 3 is 2.72 bits per heavy atom. The fourth-order valence-corrected chi connectivity index (χ4v) is 3.65. The van der Waals surface area contributed by atoms with E-state index in [9.17, 15) is 9.90 Å². The summed E-state index contributed by atoms with van der Waals surface area (Å²) in [4.78, 5) is 19.0. The molecule has 0 radical (unpaired) electrons. The third-order valence-electron chi connectivity index (χ3n) is 4.93. The number of aromatic nitrogens is 1. The minimum absolute atomic E-state index is 0.337. The lowest BCUT2D eigenvalue weighted by Gasteiger charge is -2.19. The number of fused-ring (bicyclic) bond motifs is 1. The van der Waals surface area contributed by atoms with Crippen LogP contribution in [0.1, 0.15) is 30.0 Å². The number of pyridine rings is 1. The Labute approximate surface area is 146 Å². The van der Waals surface area contributed by atoms with Crippen LogP contribution in [0.2, 0.25) is 0 Å². The second kappa shape index (κ2) is 6.72. The van der Waals surface area contributed by atoms with Crippen molar-refractivity contribution in [2.45, 2.75) is 31.4 Å². The standard InChI is InChI=1S/C19H22N4O2/c24-16-11-13-5-1-2-6-15(13)18(16)22-19(25)21-14-7-8-17(20-12-14)23-9-3-4-10-23/h1-2,5-8,12,16,18,24H,3-4,9-11H2,(H2,21,22,25)/t16-,18+/m1/s1.